The van der Waals surface area contributed by atoms with Crippen molar-refractivity contribution in [3.05, 3.63) is 65.6 Å². The number of nitrogens with one attached hydrogen (secondary N) is 3. The quantitative estimate of drug-likeness (QED) is 0.455. The lowest BCUT2D eigenvalue weighted by molar-refractivity contribution is -0.112. The summed E-state index contributed by atoms with van der Waals surface area (Å²) in [5.41, 5.74) is 5.40. The highest BCUT2D eigenvalue weighted by Gasteiger charge is 2.14. The summed E-state index contributed by atoms with van der Waals surface area (Å²) >= 11 is 0. The van der Waals surface area contributed by atoms with Gasteiger partial charge in [-0.25, -0.2) is 4.98 Å². The molecule has 0 saturated heterocycles. The molecule has 0 atom stereocenters. The number of anilines is 2. The molecule has 3 rings (SSSR count). The molecule has 136 valence electrons. The van der Waals surface area contributed by atoms with Gasteiger partial charge < -0.3 is 15.6 Å². The molecule has 0 saturated carbocycles. The first-order chi connectivity index (χ1) is 13.2. The average molecular weight is 359 g/mol. The van der Waals surface area contributed by atoms with E-state index in [2.05, 4.69) is 20.6 Å². The fourth-order valence-corrected chi connectivity index (χ4v) is 2.91. The Labute approximate surface area is 157 Å². The van der Waals surface area contributed by atoms with Crippen molar-refractivity contribution in [1.29, 1.82) is 5.26 Å². The Morgan fingerprint density at radius 1 is 1.22 bits per heavy atom. The van der Waals surface area contributed by atoms with Crippen LogP contribution in [0.2, 0.25) is 0 Å². The van der Waals surface area contributed by atoms with Crippen LogP contribution in [-0.2, 0) is 17.6 Å². The minimum absolute atomic E-state index is 0.00710. The number of amides is 1. The molecule has 0 aliphatic heterocycles. The van der Waals surface area contributed by atoms with Crippen molar-refractivity contribution in [2.75, 3.05) is 10.6 Å². The van der Waals surface area contributed by atoms with Crippen molar-refractivity contribution in [2.45, 2.75) is 26.7 Å². The van der Waals surface area contributed by atoms with Gasteiger partial charge in [0.1, 0.15) is 11.6 Å². The molecule has 0 aliphatic carbocycles. The van der Waals surface area contributed by atoms with E-state index in [0.717, 1.165) is 46.4 Å². The van der Waals surface area contributed by atoms with Crippen LogP contribution in [0.4, 0.5) is 11.4 Å². The van der Waals surface area contributed by atoms with E-state index in [0.29, 0.717) is 0 Å². The van der Waals surface area contributed by atoms with E-state index in [1.807, 2.05) is 56.3 Å². The minimum atomic E-state index is -0.428. The molecule has 3 aromatic rings. The van der Waals surface area contributed by atoms with Gasteiger partial charge in [0.25, 0.3) is 5.91 Å². The van der Waals surface area contributed by atoms with Gasteiger partial charge in [-0.3, -0.25) is 4.79 Å². The molecule has 1 amide bonds. The van der Waals surface area contributed by atoms with Gasteiger partial charge in [0.15, 0.2) is 0 Å². The number of hydrogen-bond acceptors (Lipinski definition) is 4. The minimum Gasteiger partial charge on any atom is -0.360 e. The summed E-state index contributed by atoms with van der Waals surface area (Å²) in [6.45, 7) is 4.08. The molecular formula is C21H21N5O. The fraction of sp³-hybridized carbons (Fsp3) is 0.190. The molecule has 6 nitrogen and oxygen atoms in total. The summed E-state index contributed by atoms with van der Waals surface area (Å²) < 4.78 is 0. The third-order valence-corrected chi connectivity index (χ3v) is 4.41. The van der Waals surface area contributed by atoms with E-state index in [4.69, 9.17) is 0 Å². The molecule has 0 unspecified atom stereocenters. The number of benzene rings is 2. The van der Waals surface area contributed by atoms with Crippen LogP contribution >= 0.6 is 0 Å². The topological polar surface area (TPSA) is 93.6 Å². The maximum Gasteiger partial charge on any atom is 0.267 e. The average Bonchev–Trinajstić information content (AvgIpc) is 3.16. The first kappa shape index (κ1) is 18.2. The molecule has 0 spiro atoms. The first-order valence-electron chi connectivity index (χ1n) is 8.88. The number of aromatic nitrogens is 2. The fourth-order valence-electron chi connectivity index (χ4n) is 2.91. The lowest BCUT2D eigenvalue weighted by atomic mass is 10.0. The number of fused-ring (bicyclic) bond motifs is 1. The zero-order chi connectivity index (χ0) is 19.2. The van der Waals surface area contributed by atoms with Gasteiger partial charge in [-0.15, -0.1) is 0 Å². The van der Waals surface area contributed by atoms with Crippen LogP contribution in [-0.4, -0.2) is 15.9 Å². The van der Waals surface area contributed by atoms with Crippen LogP contribution in [0.15, 0.2) is 54.5 Å². The van der Waals surface area contributed by atoms with Crippen LogP contribution in [0.1, 0.15) is 25.0 Å². The Morgan fingerprint density at radius 3 is 2.63 bits per heavy atom. The summed E-state index contributed by atoms with van der Waals surface area (Å²) in [5.74, 6) is -0.428. The molecule has 3 N–H and O–H groups in total. The number of nitriles is 1. The number of hydrogen-bond donors (Lipinski definition) is 3. The maximum atomic E-state index is 12.6. The number of aromatic amines is 1. The van der Waals surface area contributed by atoms with Crippen molar-refractivity contribution in [2.24, 2.45) is 0 Å². The molecule has 1 heterocycles. The van der Waals surface area contributed by atoms with Crippen LogP contribution in [0.25, 0.3) is 11.0 Å². The van der Waals surface area contributed by atoms with Gasteiger partial charge in [-0.05, 0) is 42.2 Å². The highest BCUT2D eigenvalue weighted by Crippen LogP contribution is 2.23. The molecule has 1 aromatic heterocycles. The highest BCUT2D eigenvalue weighted by atomic mass is 16.1. The van der Waals surface area contributed by atoms with Crippen LogP contribution in [0.3, 0.4) is 0 Å². The van der Waals surface area contributed by atoms with Crippen molar-refractivity contribution in [1.82, 2.24) is 9.97 Å². The lowest BCUT2D eigenvalue weighted by Crippen LogP contribution is -2.17. The standard InChI is InChI=1S/C21H21N5O/c1-3-14-6-5-7-15(4-2)20(14)26-21(27)16(11-22)12-23-17-8-9-18-19(10-17)25-13-24-18/h5-10,12-13,23H,3-4H2,1-2H3,(H,24,25)(H,26,27)/b16-12-. The lowest BCUT2D eigenvalue weighted by Gasteiger charge is -2.14. The number of nitrogens with zero attached hydrogens (tertiary/aromatic N) is 2. The molecular weight excluding hydrogens is 338 g/mol. The number of carbonyl (C=O) groups excluding carboxylic acids is 1. The number of H-pyrrole nitrogens is 1. The summed E-state index contributed by atoms with van der Waals surface area (Å²) in [5, 5.41) is 15.3. The number of carbonyl (C=O) groups is 1. The van der Waals surface area contributed by atoms with Crippen molar-refractivity contribution in [3.63, 3.8) is 0 Å². The van der Waals surface area contributed by atoms with E-state index in [9.17, 15) is 10.1 Å². The van der Waals surface area contributed by atoms with Crippen LogP contribution < -0.4 is 10.6 Å². The third kappa shape index (κ3) is 3.98. The largest absolute Gasteiger partial charge is 0.360 e. The number of imidazole rings is 1. The summed E-state index contributed by atoms with van der Waals surface area (Å²) in [6, 6.07) is 13.5. The summed E-state index contributed by atoms with van der Waals surface area (Å²) in [4.78, 5) is 19.8. The normalized spacial score (nSPS) is 11.2. The molecule has 6 heteroatoms. The van der Waals surface area contributed by atoms with Crippen LogP contribution in [0.5, 0.6) is 0 Å². The molecule has 27 heavy (non-hydrogen) atoms. The highest BCUT2D eigenvalue weighted by molar-refractivity contribution is 6.07. The van der Waals surface area contributed by atoms with Crippen molar-refractivity contribution >= 4 is 28.3 Å². The zero-order valence-corrected chi connectivity index (χ0v) is 15.3. The number of aryl methyl sites for hydroxylation is 2. The molecule has 0 fully saturated rings. The van der Waals surface area contributed by atoms with E-state index < -0.39 is 5.91 Å². The summed E-state index contributed by atoms with van der Waals surface area (Å²) in [6.07, 6.45) is 4.65. The number of para-hydroxylation sites is 1. The smallest absolute Gasteiger partial charge is 0.267 e. The monoisotopic (exact) mass is 359 g/mol. The van der Waals surface area contributed by atoms with Gasteiger partial charge in [0.2, 0.25) is 0 Å². The van der Waals surface area contributed by atoms with E-state index >= 15 is 0 Å². The second-order valence-electron chi connectivity index (χ2n) is 6.06. The molecule has 2 aromatic carbocycles. The number of rotatable bonds is 6. The predicted molar refractivity (Wildman–Crippen MR) is 107 cm³/mol. The second-order valence-corrected chi connectivity index (χ2v) is 6.06. The van der Waals surface area contributed by atoms with Crippen molar-refractivity contribution < 1.29 is 4.79 Å². The van der Waals surface area contributed by atoms with E-state index in [1.165, 1.54) is 6.20 Å². The Kier molecular flexibility index (Phi) is 5.53. The van der Waals surface area contributed by atoms with Gasteiger partial charge in [-0.2, -0.15) is 5.26 Å². The summed E-state index contributed by atoms with van der Waals surface area (Å²) in [7, 11) is 0. The molecule has 0 aliphatic rings. The third-order valence-electron chi connectivity index (χ3n) is 4.41. The Hall–Kier alpha value is -3.59. The SMILES string of the molecule is CCc1cccc(CC)c1NC(=O)/C(C#N)=C\Nc1ccc2nc[nH]c2c1. The van der Waals surface area contributed by atoms with Gasteiger partial charge in [-0.1, -0.05) is 32.0 Å². The predicted octanol–water partition coefficient (Wildman–Crippen LogP) is 4.15. The van der Waals surface area contributed by atoms with Gasteiger partial charge in [0, 0.05) is 17.6 Å². The van der Waals surface area contributed by atoms with E-state index in [-0.39, 0.29) is 5.57 Å². The Morgan fingerprint density at radius 2 is 1.96 bits per heavy atom. The van der Waals surface area contributed by atoms with Crippen LogP contribution in [0, 0.1) is 11.3 Å². The second kappa shape index (κ2) is 8.19. The van der Waals surface area contributed by atoms with E-state index in [1.54, 1.807) is 6.33 Å². The van der Waals surface area contributed by atoms with Gasteiger partial charge >= 0.3 is 0 Å². The Bertz CT molecular complexity index is 1020. The van der Waals surface area contributed by atoms with Gasteiger partial charge in [0.05, 0.1) is 17.4 Å². The molecule has 0 bridgehead atoms. The Balaban J connectivity index is 1.80. The van der Waals surface area contributed by atoms with Crippen molar-refractivity contribution in [3.8, 4) is 6.07 Å². The molecule has 0 radical (unpaired) electrons. The zero-order valence-electron chi connectivity index (χ0n) is 15.3. The maximum absolute atomic E-state index is 12.6. The first-order valence-corrected chi connectivity index (χ1v) is 8.88.